The fraction of sp³-hybridized carbons (Fsp3) is 0.200. The highest BCUT2D eigenvalue weighted by Gasteiger charge is 2.05. The molecule has 0 amide bonds. The zero-order valence-corrected chi connectivity index (χ0v) is 9.24. The van der Waals surface area contributed by atoms with Gasteiger partial charge in [-0.15, -0.1) is 0 Å². The average Bonchev–Trinajstić information content (AvgIpc) is 2.34. The Bertz CT molecular complexity index is 457. The summed E-state index contributed by atoms with van der Waals surface area (Å²) in [5.41, 5.74) is 5.56. The van der Waals surface area contributed by atoms with Crippen LogP contribution in [0, 0.1) is 10.1 Å². The number of aliphatic imine (C=N–C) groups is 1. The second-order valence-electron chi connectivity index (χ2n) is 2.99. The molecule has 0 saturated heterocycles. The van der Waals surface area contributed by atoms with Crippen molar-refractivity contribution in [2.75, 3.05) is 7.11 Å². The highest BCUT2D eigenvalue weighted by Crippen LogP contribution is 2.14. The molecular formula is C10H12N4O3. The zero-order chi connectivity index (χ0) is 12.7. The van der Waals surface area contributed by atoms with Crippen LogP contribution in [0.4, 0.5) is 0 Å². The van der Waals surface area contributed by atoms with Gasteiger partial charge in [0.15, 0.2) is 0 Å². The molecule has 0 fully saturated rings. The molecule has 7 heteroatoms. The van der Waals surface area contributed by atoms with Crippen molar-refractivity contribution in [1.82, 2.24) is 4.98 Å². The Morgan fingerprint density at radius 3 is 3.12 bits per heavy atom. The lowest BCUT2D eigenvalue weighted by Gasteiger charge is -2.02. The zero-order valence-electron chi connectivity index (χ0n) is 9.24. The summed E-state index contributed by atoms with van der Waals surface area (Å²) in [5.74, 6) is 0.448. The number of methoxy groups -OCH3 is 1. The van der Waals surface area contributed by atoms with E-state index in [4.69, 9.17) is 10.5 Å². The van der Waals surface area contributed by atoms with Crippen LogP contribution in [-0.2, 0) is 6.54 Å². The maximum Gasteiger partial charge on any atom is 0.302 e. The molecule has 0 atom stereocenters. The fourth-order valence-electron chi connectivity index (χ4n) is 1.12. The van der Waals surface area contributed by atoms with E-state index >= 15 is 0 Å². The number of nitrogens with two attached hydrogens (primary N) is 1. The summed E-state index contributed by atoms with van der Waals surface area (Å²) in [7, 11) is 1.50. The largest absolute Gasteiger partial charge is 0.481 e. The highest BCUT2D eigenvalue weighted by molar-refractivity contribution is 5.75. The first kappa shape index (κ1) is 12.6. The number of aromatic nitrogens is 1. The SMILES string of the molecule is COc1ncccc1CN=CC(=CN)[N+](=O)[O-]. The van der Waals surface area contributed by atoms with Crippen molar-refractivity contribution in [3.8, 4) is 5.88 Å². The van der Waals surface area contributed by atoms with Crippen LogP contribution in [-0.4, -0.2) is 23.2 Å². The van der Waals surface area contributed by atoms with Crippen LogP contribution in [0.15, 0.2) is 35.2 Å². The van der Waals surface area contributed by atoms with E-state index in [1.165, 1.54) is 7.11 Å². The molecule has 0 aliphatic carbocycles. The molecule has 0 spiro atoms. The minimum atomic E-state index is -0.607. The molecule has 1 heterocycles. The number of rotatable bonds is 5. The molecule has 1 rings (SSSR count). The fourth-order valence-corrected chi connectivity index (χ4v) is 1.12. The van der Waals surface area contributed by atoms with E-state index in [9.17, 15) is 10.1 Å². The summed E-state index contributed by atoms with van der Waals surface area (Å²) in [6.07, 6.45) is 3.59. The Morgan fingerprint density at radius 2 is 2.53 bits per heavy atom. The van der Waals surface area contributed by atoms with Crippen molar-refractivity contribution in [2.24, 2.45) is 10.7 Å². The average molecular weight is 236 g/mol. The van der Waals surface area contributed by atoms with Crippen molar-refractivity contribution >= 4 is 6.21 Å². The topological polar surface area (TPSA) is 104 Å². The molecular weight excluding hydrogens is 224 g/mol. The van der Waals surface area contributed by atoms with Gasteiger partial charge in [-0.2, -0.15) is 0 Å². The minimum Gasteiger partial charge on any atom is -0.481 e. The number of hydrogen-bond donors (Lipinski definition) is 1. The predicted octanol–water partition coefficient (Wildman–Crippen LogP) is 0.738. The van der Waals surface area contributed by atoms with Gasteiger partial charge in [0.05, 0.1) is 24.8 Å². The van der Waals surface area contributed by atoms with Gasteiger partial charge in [0, 0.05) is 11.8 Å². The van der Waals surface area contributed by atoms with Crippen LogP contribution < -0.4 is 10.5 Å². The molecule has 0 bridgehead atoms. The second-order valence-corrected chi connectivity index (χ2v) is 2.99. The van der Waals surface area contributed by atoms with Gasteiger partial charge in [-0.1, -0.05) is 6.07 Å². The standard InChI is InChI=1S/C10H12N4O3/c1-17-10-8(3-2-4-13-10)6-12-7-9(5-11)14(15)16/h2-5,7H,6,11H2,1H3. The molecule has 1 aromatic rings. The Hall–Kier alpha value is -2.44. The van der Waals surface area contributed by atoms with Crippen LogP contribution >= 0.6 is 0 Å². The number of hydrogen-bond acceptors (Lipinski definition) is 6. The van der Waals surface area contributed by atoms with E-state index in [0.717, 1.165) is 18.0 Å². The normalized spacial score (nSPS) is 11.7. The Balaban J connectivity index is 2.73. The lowest BCUT2D eigenvalue weighted by atomic mass is 10.3. The number of nitro groups is 1. The van der Waals surface area contributed by atoms with Gasteiger partial charge < -0.3 is 10.5 Å². The summed E-state index contributed by atoms with van der Waals surface area (Å²) in [4.78, 5) is 17.7. The monoisotopic (exact) mass is 236 g/mol. The molecule has 0 aliphatic heterocycles. The molecule has 0 aliphatic rings. The van der Waals surface area contributed by atoms with Gasteiger partial charge in [0.1, 0.15) is 6.21 Å². The van der Waals surface area contributed by atoms with E-state index < -0.39 is 4.92 Å². The number of allylic oxidation sites excluding steroid dienone is 1. The summed E-state index contributed by atoms with van der Waals surface area (Å²) in [5, 5.41) is 10.4. The van der Waals surface area contributed by atoms with Gasteiger partial charge in [0.2, 0.25) is 5.88 Å². The molecule has 17 heavy (non-hydrogen) atoms. The van der Waals surface area contributed by atoms with Crippen molar-refractivity contribution in [2.45, 2.75) is 6.54 Å². The lowest BCUT2D eigenvalue weighted by Crippen LogP contribution is -2.03. The van der Waals surface area contributed by atoms with Gasteiger partial charge in [-0.3, -0.25) is 15.1 Å². The molecule has 2 N–H and O–H groups in total. The molecule has 0 aromatic carbocycles. The molecule has 7 nitrogen and oxygen atoms in total. The summed E-state index contributed by atoms with van der Waals surface area (Å²) in [6.45, 7) is 0.238. The van der Waals surface area contributed by atoms with Crippen molar-refractivity contribution in [3.63, 3.8) is 0 Å². The summed E-state index contributed by atoms with van der Waals surface area (Å²) < 4.78 is 5.02. The number of ether oxygens (including phenoxy) is 1. The molecule has 0 unspecified atom stereocenters. The van der Waals surface area contributed by atoms with Crippen LogP contribution in [0.3, 0.4) is 0 Å². The van der Waals surface area contributed by atoms with E-state index in [1.54, 1.807) is 18.3 Å². The number of nitrogens with zero attached hydrogens (tertiary/aromatic N) is 3. The van der Waals surface area contributed by atoms with E-state index in [1.807, 2.05) is 0 Å². The van der Waals surface area contributed by atoms with E-state index in [2.05, 4.69) is 9.98 Å². The smallest absolute Gasteiger partial charge is 0.302 e. The number of pyridine rings is 1. The van der Waals surface area contributed by atoms with Gasteiger partial charge in [-0.25, -0.2) is 4.98 Å². The first-order valence-electron chi connectivity index (χ1n) is 4.73. The third-order valence-electron chi connectivity index (χ3n) is 1.91. The highest BCUT2D eigenvalue weighted by atomic mass is 16.6. The molecule has 0 radical (unpaired) electrons. The van der Waals surface area contributed by atoms with E-state index in [-0.39, 0.29) is 12.2 Å². The van der Waals surface area contributed by atoms with Crippen molar-refractivity contribution in [3.05, 3.63) is 45.9 Å². The van der Waals surface area contributed by atoms with Gasteiger partial charge in [-0.05, 0) is 6.07 Å². The van der Waals surface area contributed by atoms with E-state index in [0.29, 0.717) is 5.88 Å². The molecule has 1 aromatic heterocycles. The van der Waals surface area contributed by atoms with Crippen LogP contribution in [0.2, 0.25) is 0 Å². The predicted molar refractivity (Wildman–Crippen MR) is 62.2 cm³/mol. The van der Waals surface area contributed by atoms with Crippen molar-refractivity contribution in [1.29, 1.82) is 0 Å². The van der Waals surface area contributed by atoms with Gasteiger partial charge in [0.25, 0.3) is 0 Å². The van der Waals surface area contributed by atoms with Gasteiger partial charge >= 0.3 is 5.70 Å². The van der Waals surface area contributed by atoms with Crippen LogP contribution in [0.1, 0.15) is 5.56 Å². The maximum atomic E-state index is 10.4. The van der Waals surface area contributed by atoms with Crippen LogP contribution in [0.25, 0.3) is 0 Å². The first-order valence-corrected chi connectivity index (χ1v) is 4.73. The Morgan fingerprint density at radius 1 is 1.76 bits per heavy atom. The Labute approximate surface area is 97.8 Å². The van der Waals surface area contributed by atoms with Crippen LogP contribution in [0.5, 0.6) is 5.88 Å². The first-order chi connectivity index (χ1) is 8.19. The third kappa shape index (κ3) is 3.56. The third-order valence-corrected chi connectivity index (χ3v) is 1.91. The van der Waals surface area contributed by atoms with Crippen molar-refractivity contribution < 1.29 is 9.66 Å². The summed E-state index contributed by atoms with van der Waals surface area (Å²) >= 11 is 0. The Kier molecular flexibility index (Phi) is 4.61. The molecule has 0 saturated carbocycles. The quantitative estimate of drug-likeness (QED) is 0.461. The second kappa shape index (κ2) is 6.21. The minimum absolute atomic E-state index is 0.238. The summed E-state index contributed by atoms with van der Waals surface area (Å²) in [6, 6.07) is 3.52. The lowest BCUT2D eigenvalue weighted by molar-refractivity contribution is -0.414. The maximum absolute atomic E-state index is 10.4. The molecule has 90 valence electrons.